The highest BCUT2D eigenvalue weighted by Crippen LogP contribution is 2.23. The Hall–Kier alpha value is -1.42. The van der Waals surface area contributed by atoms with E-state index in [0.717, 1.165) is 19.6 Å². The van der Waals surface area contributed by atoms with Gasteiger partial charge in [0.15, 0.2) is 0 Å². The number of piperazine rings is 1. The largest absolute Gasteiger partial charge is 0.315 e. The minimum Gasteiger partial charge on any atom is -0.315 e. The van der Waals surface area contributed by atoms with Gasteiger partial charge in [0.25, 0.3) is 0 Å². The van der Waals surface area contributed by atoms with Gasteiger partial charge in [0.05, 0.1) is 12.1 Å². The first-order valence-electron chi connectivity index (χ1n) is 7.00. The molecule has 1 atom stereocenters. The number of nitrogens with zero attached hydrogens (tertiary/aromatic N) is 3. The number of fused-ring (bicyclic) bond motifs is 1. The van der Waals surface area contributed by atoms with Gasteiger partial charge < -0.3 is 5.32 Å². The Balaban J connectivity index is 1.53. The number of rotatable bonds is 3. The lowest BCUT2D eigenvalue weighted by Crippen LogP contribution is -2.51. The summed E-state index contributed by atoms with van der Waals surface area (Å²) in [5.74, 6) is -0.0182. The second kappa shape index (κ2) is 5.92. The molecule has 2 fully saturated rings. The van der Waals surface area contributed by atoms with Gasteiger partial charge in [-0.05, 0) is 30.8 Å². The van der Waals surface area contributed by atoms with Crippen molar-refractivity contribution >= 4 is 22.2 Å². The summed E-state index contributed by atoms with van der Waals surface area (Å²) in [5.41, 5.74) is 0.545. The first-order chi connectivity index (χ1) is 9.76. The first kappa shape index (κ1) is 13.6. The van der Waals surface area contributed by atoms with Gasteiger partial charge in [-0.15, -0.1) is 11.3 Å². The van der Waals surface area contributed by atoms with Crippen molar-refractivity contribution in [3.05, 3.63) is 17.0 Å². The Morgan fingerprint density at radius 1 is 1.50 bits per heavy atom. The molecular weight excluding hydrogens is 272 g/mol. The van der Waals surface area contributed by atoms with Crippen LogP contribution in [0.3, 0.4) is 0 Å². The van der Waals surface area contributed by atoms with Crippen molar-refractivity contribution in [2.24, 2.45) is 0 Å². The Labute approximate surface area is 122 Å². The van der Waals surface area contributed by atoms with Crippen LogP contribution < -0.4 is 5.32 Å². The van der Waals surface area contributed by atoms with Crippen LogP contribution in [0.25, 0.3) is 0 Å². The number of carbonyl (C=O) groups excluding carboxylic acids is 1. The van der Waals surface area contributed by atoms with Crippen LogP contribution in [0.4, 0.5) is 5.00 Å². The van der Waals surface area contributed by atoms with E-state index in [1.807, 2.05) is 5.38 Å². The molecule has 0 aromatic carbocycles. The number of nitriles is 1. The minimum absolute atomic E-state index is 0.0182. The van der Waals surface area contributed by atoms with Gasteiger partial charge >= 0.3 is 0 Å². The number of hydrogen-bond acceptors (Lipinski definition) is 5. The number of carbonyl (C=O) groups is 1. The Morgan fingerprint density at radius 2 is 2.40 bits per heavy atom. The molecule has 20 heavy (non-hydrogen) atoms. The molecule has 6 heteroatoms. The number of anilines is 1. The fourth-order valence-corrected chi connectivity index (χ4v) is 3.82. The molecule has 3 rings (SSSR count). The lowest BCUT2D eigenvalue weighted by atomic mass is 10.1. The molecule has 1 N–H and O–H groups in total. The van der Waals surface area contributed by atoms with Crippen LogP contribution in [0.2, 0.25) is 0 Å². The molecule has 2 saturated heterocycles. The van der Waals surface area contributed by atoms with E-state index in [2.05, 4.69) is 21.2 Å². The smallest absolute Gasteiger partial charge is 0.239 e. The molecule has 1 aromatic heterocycles. The predicted octanol–water partition coefficient (Wildman–Crippen LogP) is 1.34. The lowest BCUT2D eigenvalue weighted by Gasteiger charge is -2.37. The summed E-state index contributed by atoms with van der Waals surface area (Å²) in [6.45, 7) is 4.65. The van der Waals surface area contributed by atoms with Gasteiger partial charge in [-0.3, -0.25) is 14.6 Å². The maximum atomic E-state index is 12.1. The summed E-state index contributed by atoms with van der Waals surface area (Å²) in [4.78, 5) is 16.8. The zero-order valence-corrected chi connectivity index (χ0v) is 12.2. The third kappa shape index (κ3) is 2.85. The highest BCUT2D eigenvalue weighted by molar-refractivity contribution is 7.14. The lowest BCUT2D eigenvalue weighted by molar-refractivity contribution is -0.117. The molecule has 3 heterocycles. The van der Waals surface area contributed by atoms with Crippen LogP contribution in [0.5, 0.6) is 0 Å². The van der Waals surface area contributed by atoms with E-state index in [0.29, 0.717) is 23.2 Å². The van der Waals surface area contributed by atoms with Crippen LogP contribution in [-0.4, -0.2) is 54.5 Å². The van der Waals surface area contributed by atoms with Gasteiger partial charge in [-0.25, -0.2) is 0 Å². The molecule has 2 aliphatic heterocycles. The maximum absolute atomic E-state index is 12.1. The number of hydrogen-bond donors (Lipinski definition) is 1. The third-order valence-corrected chi connectivity index (χ3v) is 4.91. The van der Waals surface area contributed by atoms with E-state index in [-0.39, 0.29) is 5.91 Å². The molecule has 0 spiro atoms. The zero-order chi connectivity index (χ0) is 13.9. The molecule has 0 bridgehead atoms. The van der Waals surface area contributed by atoms with E-state index in [1.54, 1.807) is 6.07 Å². The summed E-state index contributed by atoms with van der Waals surface area (Å²) in [6.07, 6.45) is 2.53. The second-order valence-electron chi connectivity index (χ2n) is 5.39. The Bertz CT molecular complexity index is 536. The molecule has 0 aliphatic carbocycles. The van der Waals surface area contributed by atoms with Gasteiger partial charge in [-0.1, -0.05) is 0 Å². The number of amides is 1. The molecule has 106 valence electrons. The van der Waals surface area contributed by atoms with Gasteiger partial charge in [-0.2, -0.15) is 5.26 Å². The van der Waals surface area contributed by atoms with Gasteiger partial charge in [0, 0.05) is 25.7 Å². The van der Waals surface area contributed by atoms with Crippen LogP contribution in [0, 0.1) is 11.3 Å². The summed E-state index contributed by atoms with van der Waals surface area (Å²) in [6, 6.07) is 4.46. The van der Waals surface area contributed by atoms with Crippen molar-refractivity contribution in [3.8, 4) is 6.07 Å². The van der Waals surface area contributed by atoms with Crippen molar-refractivity contribution in [3.63, 3.8) is 0 Å². The van der Waals surface area contributed by atoms with Crippen molar-refractivity contribution in [1.82, 2.24) is 9.80 Å². The van der Waals surface area contributed by atoms with E-state index >= 15 is 0 Å². The standard InChI is InChI=1S/C14H18N4OS/c15-8-11-3-7-20-14(11)16-13(19)10-17-5-6-18-4-1-2-12(18)9-17/h3,7,12H,1-2,4-6,9-10H2,(H,16,19). The Morgan fingerprint density at radius 3 is 3.25 bits per heavy atom. The maximum Gasteiger partial charge on any atom is 0.239 e. The van der Waals surface area contributed by atoms with Crippen LogP contribution >= 0.6 is 11.3 Å². The first-order valence-corrected chi connectivity index (χ1v) is 7.88. The predicted molar refractivity (Wildman–Crippen MR) is 78.7 cm³/mol. The summed E-state index contributed by atoms with van der Waals surface area (Å²) in [5, 5.41) is 14.3. The molecule has 0 radical (unpaired) electrons. The zero-order valence-electron chi connectivity index (χ0n) is 11.3. The van der Waals surface area contributed by atoms with Crippen LogP contribution in [-0.2, 0) is 4.79 Å². The fraction of sp³-hybridized carbons (Fsp3) is 0.571. The number of nitrogens with one attached hydrogen (secondary N) is 1. The van der Waals surface area contributed by atoms with Gasteiger partial charge in [0.1, 0.15) is 11.1 Å². The summed E-state index contributed by atoms with van der Waals surface area (Å²) < 4.78 is 0. The van der Waals surface area contributed by atoms with Crippen molar-refractivity contribution in [2.45, 2.75) is 18.9 Å². The summed E-state index contributed by atoms with van der Waals surface area (Å²) >= 11 is 1.40. The molecule has 1 amide bonds. The third-order valence-electron chi connectivity index (χ3n) is 4.08. The van der Waals surface area contributed by atoms with Crippen molar-refractivity contribution in [1.29, 1.82) is 5.26 Å². The topological polar surface area (TPSA) is 59.4 Å². The molecular formula is C14H18N4OS. The average molecular weight is 290 g/mol. The second-order valence-corrected chi connectivity index (χ2v) is 6.31. The van der Waals surface area contributed by atoms with E-state index in [4.69, 9.17) is 5.26 Å². The number of thiophene rings is 1. The van der Waals surface area contributed by atoms with Crippen molar-refractivity contribution in [2.75, 3.05) is 38.0 Å². The molecule has 2 aliphatic rings. The average Bonchev–Trinajstić information content (AvgIpc) is 3.06. The van der Waals surface area contributed by atoms with E-state index in [1.165, 1.54) is 30.7 Å². The summed E-state index contributed by atoms with van der Waals surface area (Å²) in [7, 11) is 0. The van der Waals surface area contributed by atoms with E-state index in [9.17, 15) is 4.79 Å². The minimum atomic E-state index is -0.0182. The van der Waals surface area contributed by atoms with Crippen molar-refractivity contribution < 1.29 is 4.79 Å². The normalized spacial score (nSPS) is 23.2. The van der Waals surface area contributed by atoms with Gasteiger partial charge in [0.2, 0.25) is 5.91 Å². The molecule has 1 aromatic rings. The highest BCUT2D eigenvalue weighted by Gasteiger charge is 2.31. The SMILES string of the molecule is N#Cc1ccsc1NC(=O)CN1CCN2CCCC2C1. The molecule has 1 unspecified atom stereocenters. The fourth-order valence-electron chi connectivity index (χ4n) is 3.06. The van der Waals surface area contributed by atoms with Crippen LogP contribution in [0.15, 0.2) is 11.4 Å². The van der Waals surface area contributed by atoms with Crippen LogP contribution in [0.1, 0.15) is 18.4 Å². The molecule has 0 saturated carbocycles. The molecule has 5 nitrogen and oxygen atoms in total. The Kier molecular flexibility index (Phi) is 4.01. The monoisotopic (exact) mass is 290 g/mol. The van der Waals surface area contributed by atoms with E-state index < -0.39 is 0 Å². The quantitative estimate of drug-likeness (QED) is 0.912. The highest BCUT2D eigenvalue weighted by atomic mass is 32.1.